The molecule has 2 aliphatic rings. The number of ether oxygens (including phenoxy) is 3. The minimum atomic E-state index is -0.546. The number of hydrogen-bond acceptors (Lipinski definition) is 5. The van der Waals surface area contributed by atoms with Crippen molar-refractivity contribution in [3.8, 4) is 11.5 Å². The minimum Gasteiger partial charge on any atom is -0.490 e. The fourth-order valence-corrected chi connectivity index (χ4v) is 3.33. The van der Waals surface area contributed by atoms with Crippen molar-refractivity contribution in [1.29, 1.82) is 0 Å². The fourth-order valence-electron chi connectivity index (χ4n) is 3.33. The third-order valence-electron chi connectivity index (χ3n) is 4.74. The highest BCUT2D eigenvalue weighted by Gasteiger charge is 2.18. The lowest BCUT2D eigenvalue weighted by molar-refractivity contribution is 0.0474. The SMILES string of the molecule is O=C(COC(=O)c1ccc2c(c1)OCCCO2)c1ccc2c(c1)CCC2. The Morgan fingerprint density at radius 3 is 2.50 bits per heavy atom. The Morgan fingerprint density at radius 1 is 0.846 bits per heavy atom. The molecule has 1 aliphatic heterocycles. The van der Waals surface area contributed by atoms with Crippen molar-refractivity contribution in [3.05, 3.63) is 58.7 Å². The van der Waals surface area contributed by atoms with Crippen molar-refractivity contribution in [1.82, 2.24) is 0 Å². The number of benzene rings is 2. The average molecular weight is 352 g/mol. The third-order valence-corrected chi connectivity index (χ3v) is 4.74. The summed E-state index contributed by atoms with van der Waals surface area (Å²) in [6.45, 7) is 0.862. The molecule has 1 heterocycles. The van der Waals surface area contributed by atoms with Crippen LogP contribution in [-0.2, 0) is 17.6 Å². The summed E-state index contributed by atoms with van der Waals surface area (Å²) in [4.78, 5) is 24.6. The lowest BCUT2D eigenvalue weighted by Crippen LogP contribution is -2.14. The lowest BCUT2D eigenvalue weighted by atomic mass is 10.0. The van der Waals surface area contributed by atoms with Crippen LogP contribution in [0.4, 0.5) is 0 Å². The summed E-state index contributed by atoms with van der Waals surface area (Å²) < 4.78 is 16.3. The van der Waals surface area contributed by atoms with Gasteiger partial charge in [0.05, 0.1) is 18.8 Å². The first-order valence-electron chi connectivity index (χ1n) is 8.92. The number of Topliss-reactive ketones (excluding diaryl/α,β-unsaturated/α-hetero) is 1. The van der Waals surface area contributed by atoms with Gasteiger partial charge in [-0.25, -0.2) is 4.79 Å². The molecule has 0 fully saturated rings. The van der Waals surface area contributed by atoms with Crippen molar-refractivity contribution < 1.29 is 23.8 Å². The van der Waals surface area contributed by atoms with Gasteiger partial charge in [-0.15, -0.1) is 0 Å². The number of carbonyl (C=O) groups excluding carboxylic acids is 2. The first-order chi connectivity index (χ1) is 12.7. The molecule has 26 heavy (non-hydrogen) atoms. The zero-order chi connectivity index (χ0) is 17.9. The summed E-state index contributed by atoms with van der Waals surface area (Å²) in [5, 5.41) is 0. The molecule has 4 rings (SSSR count). The molecule has 0 aromatic heterocycles. The summed E-state index contributed by atoms with van der Waals surface area (Å²) >= 11 is 0. The Morgan fingerprint density at radius 2 is 1.62 bits per heavy atom. The number of esters is 1. The van der Waals surface area contributed by atoms with Crippen molar-refractivity contribution in [2.24, 2.45) is 0 Å². The van der Waals surface area contributed by atoms with Gasteiger partial charge < -0.3 is 14.2 Å². The Balaban J connectivity index is 1.40. The molecule has 0 amide bonds. The highest BCUT2D eigenvalue weighted by molar-refractivity contribution is 5.99. The molecule has 0 spiro atoms. The van der Waals surface area contributed by atoms with Gasteiger partial charge in [-0.2, -0.15) is 0 Å². The van der Waals surface area contributed by atoms with Crippen LogP contribution in [0, 0.1) is 0 Å². The van der Waals surface area contributed by atoms with E-state index in [4.69, 9.17) is 14.2 Å². The maximum Gasteiger partial charge on any atom is 0.338 e. The molecule has 5 heteroatoms. The van der Waals surface area contributed by atoms with E-state index < -0.39 is 5.97 Å². The second kappa shape index (κ2) is 7.20. The summed E-state index contributed by atoms with van der Waals surface area (Å²) in [6.07, 6.45) is 4.01. The Labute approximate surface area is 151 Å². The van der Waals surface area contributed by atoms with Crippen LogP contribution in [0.1, 0.15) is 44.7 Å². The van der Waals surface area contributed by atoms with E-state index in [-0.39, 0.29) is 12.4 Å². The van der Waals surface area contributed by atoms with E-state index in [9.17, 15) is 9.59 Å². The Hall–Kier alpha value is -2.82. The molecule has 5 nitrogen and oxygen atoms in total. The molecule has 134 valence electrons. The van der Waals surface area contributed by atoms with E-state index >= 15 is 0 Å². The number of ketones is 1. The average Bonchev–Trinajstić information content (AvgIpc) is 3.01. The van der Waals surface area contributed by atoms with Crippen LogP contribution in [0.2, 0.25) is 0 Å². The summed E-state index contributed by atoms with van der Waals surface area (Å²) in [5.41, 5.74) is 3.48. The second-order valence-corrected chi connectivity index (χ2v) is 6.55. The topological polar surface area (TPSA) is 61.8 Å². The maximum absolute atomic E-state index is 12.3. The van der Waals surface area contributed by atoms with Gasteiger partial charge in [0.15, 0.2) is 23.9 Å². The van der Waals surface area contributed by atoms with Crippen LogP contribution in [0.15, 0.2) is 36.4 Å². The predicted octanol–water partition coefficient (Wildman–Crippen LogP) is 3.38. The van der Waals surface area contributed by atoms with Crippen LogP contribution in [0.3, 0.4) is 0 Å². The summed E-state index contributed by atoms with van der Waals surface area (Å²) in [7, 11) is 0. The van der Waals surface area contributed by atoms with Crippen LogP contribution >= 0.6 is 0 Å². The van der Waals surface area contributed by atoms with E-state index in [2.05, 4.69) is 0 Å². The van der Waals surface area contributed by atoms with Crippen molar-refractivity contribution in [2.45, 2.75) is 25.7 Å². The normalized spacial score (nSPS) is 15.1. The molecule has 0 atom stereocenters. The van der Waals surface area contributed by atoms with Crippen LogP contribution in [0.25, 0.3) is 0 Å². The molecule has 1 aliphatic carbocycles. The summed E-state index contributed by atoms with van der Waals surface area (Å²) in [5.74, 6) is 0.410. The van der Waals surface area contributed by atoms with E-state index in [1.54, 1.807) is 18.2 Å². The van der Waals surface area contributed by atoms with Crippen LogP contribution < -0.4 is 9.47 Å². The predicted molar refractivity (Wildman–Crippen MR) is 95.1 cm³/mol. The minimum absolute atomic E-state index is 0.192. The zero-order valence-corrected chi connectivity index (χ0v) is 14.5. The zero-order valence-electron chi connectivity index (χ0n) is 14.5. The monoisotopic (exact) mass is 352 g/mol. The molecular formula is C21H20O5. The first kappa shape index (κ1) is 16.6. The van der Waals surface area contributed by atoms with E-state index in [1.807, 2.05) is 18.2 Å². The molecule has 0 saturated carbocycles. The molecule has 2 aromatic rings. The number of hydrogen-bond donors (Lipinski definition) is 0. The molecule has 0 saturated heterocycles. The highest BCUT2D eigenvalue weighted by Crippen LogP contribution is 2.30. The van der Waals surface area contributed by atoms with Crippen molar-refractivity contribution in [2.75, 3.05) is 19.8 Å². The molecule has 0 unspecified atom stereocenters. The highest BCUT2D eigenvalue weighted by atomic mass is 16.5. The molecular weight excluding hydrogens is 332 g/mol. The number of rotatable bonds is 4. The van der Waals surface area contributed by atoms with E-state index in [0.29, 0.717) is 35.8 Å². The smallest absolute Gasteiger partial charge is 0.338 e. The van der Waals surface area contributed by atoms with Gasteiger partial charge in [-0.3, -0.25) is 4.79 Å². The van der Waals surface area contributed by atoms with Gasteiger partial charge in [0.1, 0.15) is 0 Å². The maximum atomic E-state index is 12.3. The molecule has 2 aromatic carbocycles. The van der Waals surface area contributed by atoms with Crippen molar-refractivity contribution in [3.63, 3.8) is 0 Å². The van der Waals surface area contributed by atoms with E-state index in [0.717, 1.165) is 25.7 Å². The van der Waals surface area contributed by atoms with Gasteiger partial charge in [-0.1, -0.05) is 12.1 Å². The number of fused-ring (bicyclic) bond motifs is 2. The van der Waals surface area contributed by atoms with E-state index in [1.165, 1.54) is 11.1 Å². The number of carbonyl (C=O) groups is 2. The van der Waals surface area contributed by atoms with Gasteiger partial charge in [-0.05, 0) is 54.7 Å². The van der Waals surface area contributed by atoms with Crippen molar-refractivity contribution >= 4 is 11.8 Å². The van der Waals surface area contributed by atoms with Gasteiger partial charge in [0.25, 0.3) is 0 Å². The van der Waals surface area contributed by atoms with Gasteiger partial charge in [0, 0.05) is 12.0 Å². The Kier molecular flexibility index (Phi) is 4.61. The van der Waals surface area contributed by atoms with Crippen LogP contribution in [0.5, 0.6) is 11.5 Å². The quantitative estimate of drug-likeness (QED) is 0.624. The largest absolute Gasteiger partial charge is 0.490 e. The molecule has 0 bridgehead atoms. The summed E-state index contributed by atoms with van der Waals surface area (Å²) in [6, 6.07) is 10.7. The van der Waals surface area contributed by atoms with Crippen LogP contribution in [-0.4, -0.2) is 31.6 Å². The Bertz CT molecular complexity index is 855. The van der Waals surface area contributed by atoms with Gasteiger partial charge >= 0.3 is 5.97 Å². The van der Waals surface area contributed by atoms with Gasteiger partial charge in [0.2, 0.25) is 0 Å². The number of aryl methyl sites for hydroxylation is 2. The standard InChI is InChI=1S/C21H20O5/c22-18(16-6-5-14-3-1-4-15(14)11-16)13-26-21(23)17-7-8-19-20(12-17)25-10-2-9-24-19/h5-8,11-12H,1-4,9-10,13H2. The molecule has 0 radical (unpaired) electrons. The first-order valence-corrected chi connectivity index (χ1v) is 8.92. The second-order valence-electron chi connectivity index (χ2n) is 6.55. The third kappa shape index (κ3) is 3.43. The lowest BCUT2D eigenvalue weighted by Gasteiger charge is -2.09. The fraction of sp³-hybridized carbons (Fsp3) is 0.333. The molecule has 0 N–H and O–H groups in total.